The van der Waals surface area contributed by atoms with Crippen LogP contribution in [0.1, 0.15) is 16.9 Å². The van der Waals surface area contributed by atoms with Crippen molar-refractivity contribution in [2.75, 3.05) is 0 Å². The van der Waals surface area contributed by atoms with E-state index in [0.717, 1.165) is 35.0 Å². The number of allylic oxidation sites excluding steroid dienone is 2. The van der Waals surface area contributed by atoms with Crippen LogP contribution in [0.3, 0.4) is 0 Å². The third kappa shape index (κ3) is 1.73. The highest BCUT2D eigenvalue weighted by Crippen LogP contribution is 2.35. The Kier molecular flexibility index (Phi) is 3.22. The third-order valence-electron chi connectivity index (χ3n) is 3.69. The topological polar surface area (TPSA) is 44.0 Å². The summed E-state index contributed by atoms with van der Waals surface area (Å²) in [5, 5.41) is 0.728. The minimum atomic E-state index is -0.276. The summed E-state index contributed by atoms with van der Waals surface area (Å²) in [7, 11) is 0. The molecule has 104 valence electrons. The van der Waals surface area contributed by atoms with Gasteiger partial charge in [-0.15, -0.1) is 24.5 Å². The van der Waals surface area contributed by atoms with Crippen LogP contribution in [0, 0.1) is 0 Å². The number of nitrogens with zero attached hydrogens (tertiary/aromatic N) is 2. The van der Waals surface area contributed by atoms with Crippen LogP contribution in [-0.4, -0.2) is 9.13 Å². The number of fused-ring (bicyclic) bond motifs is 3. The lowest BCUT2D eigenvalue weighted by Crippen LogP contribution is -2.39. The molecule has 2 aromatic rings. The van der Waals surface area contributed by atoms with Gasteiger partial charge in [0.1, 0.15) is 4.83 Å². The first-order chi connectivity index (χ1) is 9.69. The van der Waals surface area contributed by atoms with E-state index >= 15 is 0 Å². The highest BCUT2D eigenvalue weighted by atomic mass is 32.1. The molecular weight excluding hydrogens is 272 g/mol. The first-order valence-corrected chi connectivity index (χ1v) is 7.50. The Hall–Kier alpha value is -1.88. The van der Waals surface area contributed by atoms with E-state index in [2.05, 4.69) is 13.2 Å². The van der Waals surface area contributed by atoms with E-state index in [-0.39, 0.29) is 17.8 Å². The second-order valence-corrected chi connectivity index (χ2v) is 6.01. The number of hydrogen-bond acceptors (Lipinski definition) is 3. The van der Waals surface area contributed by atoms with Gasteiger partial charge in [-0.25, -0.2) is 4.79 Å². The van der Waals surface area contributed by atoms with Crippen LogP contribution in [0.4, 0.5) is 0 Å². The summed E-state index contributed by atoms with van der Waals surface area (Å²) in [4.78, 5) is 27.1. The molecule has 0 radical (unpaired) electrons. The number of aromatic nitrogens is 2. The molecule has 2 heterocycles. The van der Waals surface area contributed by atoms with Crippen molar-refractivity contribution in [1.29, 1.82) is 0 Å². The highest BCUT2D eigenvalue weighted by molar-refractivity contribution is 7.18. The van der Waals surface area contributed by atoms with Gasteiger partial charge in [-0.05, 0) is 24.8 Å². The molecular formula is C15H16N2O2S. The van der Waals surface area contributed by atoms with Gasteiger partial charge in [0.2, 0.25) is 0 Å². The molecule has 0 aliphatic heterocycles. The van der Waals surface area contributed by atoms with Gasteiger partial charge in [0, 0.05) is 18.0 Å². The third-order valence-corrected chi connectivity index (χ3v) is 5.01. The molecule has 1 aliphatic carbocycles. The van der Waals surface area contributed by atoms with Gasteiger partial charge in [-0.1, -0.05) is 12.2 Å². The maximum Gasteiger partial charge on any atom is 0.332 e. The Morgan fingerprint density at radius 3 is 2.50 bits per heavy atom. The van der Waals surface area contributed by atoms with E-state index in [0.29, 0.717) is 6.54 Å². The Bertz CT molecular complexity index is 823. The Morgan fingerprint density at radius 2 is 1.80 bits per heavy atom. The summed E-state index contributed by atoms with van der Waals surface area (Å²) in [6.07, 6.45) is 6.31. The fourth-order valence-corrected chi connectivity index (χ4v) is 4.22. The molecule has 0 N–H and O–H groups in total. The molecule has 20 heavy (non-hydrogen) atoms. The predicted octanol–water partition coefficient (Wildman–Crippen LogP) is 2.09. The molecule has 0 saturated heterocycles. The number of rotatable bonds is 4. The van der Waals surface area contributed by atoms with Crippen molar-refractivity contribution in [3.8, 4) is 0 Å². The molecule has 0 bridgehead atoms. The number of aryl methyl sites for hydroxylation is 2. The van der Waals surface area contributed by atoms with E-state index < -0.39 is 0 Å². The molecule has 3 rings (SSSR count). The number of hydrogen-bond donors (Lipinski definition) is 0. The molecule has 0 saturated carbocycles. The lowest BCUT2D eigenvalue weighted by molar-refractivity contribution is 0.652. The van der Waals surface area contributed by atoms with E-state index in [1.165, 1.54) is 9.44 Å². The fraction of sp³-hybridized carbons (Fsp3) is 0.333. The van der Waals surface area contributed by atoms with Crippen molar-refractivity contribution in [2.24, 2.45) is 0 Å². The van der Waals surface area contributed by atoms with Crippen molar-refractivity contribution in [1.82, 2.24) is 9.13 Å². The summed E-state index contributed by atoms with van der Waals surface area (Å²) in [6.45, 7) is 8.00. The monoisotopic (exact) mass is 288 g/mol. The van der Waals surface area contributed by atoms with E-state index in [1.807, 2.05) is 0 Å². The molecule has 0 spiro atoms. The normalized spacial score (nSPS) is 13.6. The molecule has 0 atom stereocenters. The molecule has 0 unspecified atom stereocenters. The van der Waals surface area contributed by atoms with Crippen LogP contribution >= 0.6 is 11.3 Å². The van der Waals surface area contributed by atoms with Crippen LogP contribution in [0.15, 0.2) is 34.9 Å². The van der Waals surface area contributed by atoms with E-state index in [1.54, 1.807) is 28.1 Å². The average Bonchev–Trinajstić information content (AvgIpc) is 2.99. The SMILES string of the molecule is C=CCn1c(=O)c2c3c(sc2n(CC=C)c1=O)CCC3. The van der Waals surface area contributed by atoms with Crippen LogP contribution in [0.5, 0.6) is 0 Å². The summed E-state index contributed by atoms with van der Waals surface area (Å²) >= 11 is 1.58. The number of thiophene rings is 1. The van der Waals surface area contributed by atoms with Gasteiger partial charge in [0.25, 0.3) is 5.56 Å². The van der Waals surface area contributed by atoms with Gasteiger partial charge < -0.3 is 0 Å². The van der Waals surface area contributed by atoms with Crippen molar-refractivity contribution in [2.45, 2.75) is 32.4 Å². The van der Waals surface area contributed by atoms with Gasteiger partial charge in [-0.2, -0.15) is 0 Å². The maximum absolute atomic E-state index is 12.6. The van der Waals surface area contributed by atoms with Gasteiger partial charge in [0.05, 0.1) is 5.39 Å². The zero-order chi connectivity index (χ0) is 14.3. The maximum atomic E-state index is 12.6. The van der Waals surface area contributed by atoms with Gasteiger partial charge >= 0.3 is 5.69 Å². The molecule has 0 amide bonds. The molecule has 4 nitrogen and oxygen atoms in total. The standard InChI is InChI=1S/C15H16N2O2S/c1-3-8-16-13(18)12-10-6-5-7-11(10)20-14(12)17(9-4-2)15(16)19/h3-4H,1-2,5-9H2. The highest BCUT2D eigenvalue weighted by Gasteiger charge is 2.23. The predicted molar refractivity (Wildman–Crippen MR) is 82.8 cm³/mol. The Morgan fingerprint density at radius 1 is 1.10 bits per heavy atom. The minimum absolute atomic E-state index is 0.176. The Balaban J connectivity index is 2.47. The van der Waals surface area contributed by atoms with Crippen molar-refractivity contribution >= 4 is 21.6 Å². The largest absolute Gasteiger partial charge is 0.332 e. The second-order valence-electron chi connectivity index (χ2n) is 4.92. The average molecular weight is 288 g/mol. The summed E-state index contributed by atoms with van der Waals surface area (Å²) < 4.78 is 2.92. The Labute approximate surface area is 120 Å². The summed E-state index contributed by atoms with van der Waals surface area (Å²) in [6, 6.07) is 0. The second kappa shape index (κ2) is 4.90. The van der Waals surface area contributed by atoms with Crippen LogP contribution in [0.2, 0.25) is 0 Å². The van der Waals surface area contributed by atoms with Crippen molar-refractivity contribution in [3.63, 3.8) is 0 Å². The van der Waals surface area contributed by atoms with Crippen molar-refractivity contribution < 1.29 is 0 Å². The first-order valence-electron chi connectivity index (χ1n) is 6.68. The molecule has 2 aromatic heterocycles. The minimum Gasteiger partial charge on any atom is -0.280 e. The first kappa shape index (κ1) is 13.1. The zero-order valence-electron chi connectivity index (χ0n) is 11.2. The summed E-state index contributed by atoms with van der Waals surface area (Å²) in [5.41, 5.74) is 0.692. The van der Waals surface area contributed by atoms with Crippen LogP contribution < -0.4 is 11.2 Å². The van der Waals surface area contributed by atoms with Crippen LogP contribution in [-0.2, 0) is 25.9 Å². The van der Waals surface area contributed by atoms with Gasteiger partial charge in [0.15, 0.2) is 0 Å². The van der Waals surface area contributed by atoms with Gasteiger partial charge in [-0.3, -0.25) is 13.9 Å². The zero-order valence-corrected chi connectivity index (χ0v) is 12.0. The molecule has 0 aromatic carbocycles. The lowest BCUT2D eigenvalue weighted by atomic mass is 10.2. The molecule has 1 aliphatic rings. The summed E-state index contributed by atoms with van der Waals surface area (Å²) in [5.74, 6) is 0. The van der Waals surface area contributed by atoms with E-state index in [9.17, 15) is 9.59 Å². The quantitative estimate of drug-likeness (QED) is 0.809. The molecule has 5 heteroatoms. The van der Waals surface area contributed by atoms with E-state index in [4.69, 9.17) is 0 Å². The fourth-order valence-electron chi connectivity index (χ4n) is 2.84. The lowest BCUT2D eigenvalue weighted by Gasteiger charge is -2.09. The van der Waals surface area contributed by atoms with Crippen LogP contribution in [0.25, 0.3) is 10.2 Å². The smallest absolute Gasteiger partial charge is 0.280 e. The van der Waals surface area contributed by atoms with Crippen molar-refractivity contribution in [3.05, 3.63) is 56.6 Å². The molecule has 0 fully saturated rings.